The van der Waals surface area contributed by atoms with E-state index < -0.39 is 0 Å². The smallest absolute Gasteiger partial charge is 0.0196 e. The van der Waals surface area contributed by atoms with Crippen LogP contribution in [0.3, 0.4) is 0 Å². The van der Waals surface area contributed by atoms with E-state index in [9.17, 15) is 0 Å². The predicted octanol–water partition coefficient (Wildman–Crippen LogP) is 7.99. The normalized spacial score (nSPS) is 43.3. The molecule has 4 rings (SSSR count). The molecule has 3 fully saturated rings. The summed E-state index contributed by atoms with van der Waals surface area (Å²) in [5.74, 6) is 8.35. The molecule has 0 spiro atoms. The monoisotopic (exact) mass is 334 g/mol. The quantitative estimate of drug-likeness (QED) is 0.426. The van der Waals surface area contributed by atoms with E-state index in [1.54, 1.807) is 12.8 Å². The third-order valence-electron chi connectivity index (χ3n) is 7.14. The maximum Gasteiger partial charge on any atom is -0.0196 e. The molecule has 0 heteroatoms. The maximum absolute atomic E-state index is 2.55. The Labute approximate surface area is 153 Å². The van der Waals surface area contributed by atoms with Crippen LogP contribution in [0.4, 0.5) is 0 Å². The Kier molecular flexibility index (Phi) is 9.68. The fraction of sp³-hybridized carbons (Fsp3) is 0.917. The predicted molar refractivity (Wildman–Crippen MR) is 110 cm³/mol. The zero-order valence-corrected chi connectivity index (χ0v) is 18.0. The lowest BCUT2D eigenvalue weighted by Gasteiger charge is -2.41. The minimum absolute atomic E-state index is 0.985. The van der Waals surface area contributed by atoms with E-state index in [4.69, 9.17) is 0 Å². The van der Waals surface area contributed by atoms with Crippen molar-refractivity contribution in [2.45, 2.75) is 93.9 Å². The fourth-order valence-corrected chi connectivity index (χ4v) is 5.95. The lowest BCUT2D eigenvalue weighted by molar-refractivity contribution is 0.0924. The molecule has 0 aliphatic heterocycles. The molecule has 0 aromatic carbocycles. The van der Waals surface area contributed by atoms with E-state index >= 15 is 0 Å². The molecule has 0 saturated heterocycles. The van der Waals surface area contributed by atoms with E-state index in [2.05, 4.69) is 39.8 Å². The first-order chi connectivity index (χ1) is 11.7. The molecule has 0 aromatic rings. The Morgan fingerprint density at radius 1 is 0.583 bits per heavy atom. The van der Waals surface area contributed by atoms with Crippen molar-refractivity contribution in [3.63, 3.8) is 0 Å². The molecular formula is C24H46. The van der Waals surface area contributed by atoms with Crippen molar-refractivity contribution in [2.24, 2.45) is 47.3 Å². The molecule has 142 valence electrons. The Bertz CT molecular complexity index is 323. The van der Waals surface area contributed by atoms with Crippen LogP contribution in [0.25, 0.3) is 0 Å². The van der Waals surface area contributed by atoms with Gasteiger partial charge in [0.2, 0.25) is 0 Å². The van der Waals surface area contributed by atoms with Gasteiger partial charge in [-0.2, -0.15) is 0 Å². The second-order valence-corrected chi connectivity index (χ2v) is 8.27. The highest BCUT2D eigenvalue weighted by atomic mass is 14.6. The summed E-state index contributed by atoms with van der Waals surface area (Å²) in [4.78, 5) is 0. The minimum Gasteiger partial charge on any atom is -0.0848 e. The number of hydrogen-bond acceptors (Lipinski definition) is 0. The SMILES string of the molecule is CC.CC.CC1CC(C)C2CC3C4C=CC(C4)C3CC12.CCCC. The van der Waals surface area contributed by atoms with Gasteiger partial charge in [-0.3, -0.25) is 0 Å². The van der Waals surface area contributed by atoms with E-state index in [0.717, 1.165) is 47.3 Å². The Balaban J connectivity index is 0.000000314. The maximum atomic E-state index is 2.55. The average molecular weight is 335 g/mol. The second-order valence-electron chi connectivity index (χ2n) is 8.27. The van der Waals surface area contributed by atoms with Crippen molar-refractivity contribution in [1.29, 1.82) is 0 Å². The minimum atomic E-state index is 0.985. The largest absolute Gasteiger partial charge is 0.0848 e. The summed E-state index contributed by atoms with van der Waals surface area (Å²) in [6.45, 7) is 17.4. The van der Waals surface area contributed by atoms with Crippen LogP contribution in [0.2, 0.25) is 0 Å². The first kappa shape index (κ1) is 21.8. The van der Waals surface area contributed by atoms with Crippen LogP contribution in [-0.4, -0.2) is 0 Å². The highest BCUT2D eigenvalue weighted by Gasteiger charge is 2.53. The van der Waals surface area contributed by atoms with Crippen molar-refractivity contribution >= 4 is 0 Å². The molecule has 0 heterocycles. The summed E-state index contributed by atoms with van der Waals surface area (Å²) >= 11 is 0. The van der Waals surface area contributed by atoms with Crippen LogP contribution < -0.4 is 0 Å². The van der Waals surface area contributed by atoms with Gasteiger partial charge < -0.3 is 0 Å². The molecule has 4 aliphatic carbocycles. The van der Waals surface area contributed by atoms with Gasteiger partial charge in [0, 0.05) is 0 Å². The van der Waals surface area contributed by atoms with Gasteiger partial charge in [0.1, 0.15) is 0 Å². The van der Waals surface area contributed by atoms with Gasteiger partial charge >= 0.3 is 0 Å². The van der Waals surface area contributed by atoms with Crippen molar-refractivity contribution in [2.75, 3.05) is 0 Å². The summed E-state index contributed by atoms with van der Waals surface area (Å²) in [7, 11) is 0. The summed E-state index contributed by atoms with van der Waals surface area (Å²) in [6, 6.07) is 0. The zero-order valence-electron chi connectivity index (χ0n) is 18.0. The van der Waals surface area contributed by atoms with Crippen LogP contribution in [0.1, 0.15) is 93.9 Å². The average Bonchev–Trinajstić information content (AvgIpc) is 3.32. The standard InChI is InChI=1S/C16H24.C4H10.2C2H6/c1-9-5-10(2)14-8-16-12-4-3-11(6-12)15(16)7-13(9)14;1-3-4-2;2*1-2/h3-4,9-16H,5-8H2,1-2H3;3-4H2,1-2H3;2*1-2H3. The number of rotatable bonds is 1. The van der Waals surface area contributed by atoms with Gasteiger partial charge in [0.15, 0.2) is 0 Å². The molecule has 0 aromatic heterocycles. The molecule has 0 N–H and O–H groups in total. The van der Waals surface area contributed by atoms with Crippen molar-refractivity contribution in [1.82, 2.24) is 0 Å². The first-order valence-corrected chi connectivity index (χ1v) is 11.3. The van der Waals surface area contributed by atoms with Gasteiger partial charge in [0.25, 0.3) is 0 Å². The summed E-state index contributed by atoms with van der Waals surface area (Å²) in [5.41, 5.74) is 0. The molecule has 8 unspecified atom stereocenters. The Morgan fingerprint density at radius 2 is 0.958 bits per heavy atom. The van der Waals surface area contributed by atoms with E-state index in [1.807, 2.05) is 27.7 Å². The molecule has 0 amide bonds. The van der Waals surface area contributed by atoms with Crippen LogP contribution in [0.15, 0.2) is 12.2 Å². The van der Waals surface area contributed by atoms with E-state index in [0.29, 0.717) is 0 Å². The highest BCUT2D eigenvalue weighted by molar-refractivity contribution is 5.16. The van der Waals surface area contributed by atoms with Crippen LogP contribution >= 0.6 is 0 Å². The van der Waals surface area contributed by atoms with Crippen LogP contribution in [0.5, 0.6) is 0 Å². The second kappa shape index (κ2) is 10.7. The van der Waals surface area contributed by atoms with Crippen molar-refractivity contribution < 1.29 is 0 Å². The van der Waals surface area contributed by atoms with E-state index in [1.165, 1.54) is 25.7 Å². The van der Waals surface area contributed by atoms with Crippen molar-refractivity contribution in [3.05, 3.63) is 12.2 Å². The third kappa shape index (κ3) is 4.47. The van der Waals surface area contributed by atoms with Crippen molar-refractivity contribution in [3.8, 4) is 0 Å². The molecule has 4 aliphatic rings. The molecular weight excluding hydrogens is 288 g/mol. The number of hydrogen-bond donors (Lipinski definition) is 0. The van der Waals surface area contributed by atoms with Gasteiger partial charge in [-0.05, 0) is 73.0 Å². The molecule has 0 radical (unpaired) electrons. The molecule has 2 bridgehead atoms. The van der Waals surface area contributed by atoms with Crippen LogP contribution in [-0.2, 0) is 0 Å². The number of unbranched alkanes of at least 4 members (excludes halogenated alkanes) is 1. The summed E-state index contributed by atoms with van der Waals surface area (Å²) in [5, 5.41) is 0. The molecule has 3 saturated carbocycles. The fourth-order valence-electron chi connectivity index (χ4n) is 5.95. The van der Waals surface area contributed by atoms with E-state index in [-0.39, 0.29) is 0 Å². The lowest BCUT2D eigenvalue weighted by Crippen LogP contribution is -2.34. The number of fused-ring (bicyclic) bond motifs is 6. The third-order valence-corrected chi connectivity index (χ3v) is 7.14. The van der Waals surface area contributed by atoms with Gasteiger partial charge in [0.05, 0.1) is 0 Å². The van der Waals surface area contributed by atoms with Crippen LogP contribution in [0, 0.1) is 47.3 Å². The Morgan fingerprint density at radius 3 is 1.29 bits per heavy atom. The highest BCUT2D eigenvalue weighted by Crippen LogP contribution is 2.61. The topological polar surface area (TPSA) is 0 Å². The molecule has 8 atom stereocenters. The molecule has 0 nitrogen and oxygen atoms in total. The lowest BCUT2D eigenvalue weighted by atomic mass is 9.63. The summed E-state index contributed by atoms with van der Waals surface area (Å²) in [6.07, 6.45) is 13.9. The number of allylic oxidation sites excluding steroid dienone is 2. The molecule has 24 heavy (non-hydrogen) atoms. The van der Waals surface area contributed by atoms with Gasteiger partial charge in [-0.15, -0.1) is 0 Å². The Hall–Kier alpha value is -0.260. The van der Waals surface area contributed by atoms with Gasteiger partial charge in [-0.1, -0.05) is 80.4 Å². The summed E-state index contributed by atoms with van der Waals surface area (Å²) < 4.78 is 0. The zero-order chi connectivity index (χ0) is 18.3. The van der Waals surface area contributed by atoms with Gasteiger partial charge in [-0.25, -0.2) is 0 Å². The first-order valence-electron chi connectivity index (χ1n) is 11.3.